The third kappa shape index (κ3) is 18.3. The first-order valence-corrected chi connectivity index (χ1v) is 37.8. The second kappa shape index (κ2) is 36.6. The Morgan fingerprint density at radius 1 is 0.518 bits per heavy atom. The maximum Gasteiger partial charge on any atom is 0.603 e. The van der Waals surface area contributed by atoms with Crippen molar-refractivity contribution in [1.29, 1.82) is 5.41 Å². The molecule has 1 saturated heterocycles. The van der Waals surface area contributed by atoms with Gasteiger partial charge in [0.15, 0.2) is 29.3 Å². The highest BCUT2D eigenvalue weighted by molar-refractivity contribution is 6.66. The lowest BCUT2D eigenvalue weighted by atomic mass is 10.0. The normalized spacial score (nSPS) is 18.8. The molecule has 0 saturated carbocycles. The fourth-order valence-electron chi connectivity index (χ4n) is 13.1. The van der Waals surface area contributed by atoms with Crippen molar-refractivity contribution in [3.8, 4) is 0 Å². The molecule has 6 bridgehead atoms. The Balaban J connectivity index is 0.693. The Morgan fingerprint density at radius 3 is 1.49 bits per heavy atom. The van der Waals surface area contributed by atoms with Gasteiger partial charge in [0.25, 0.3) is 0 Å². The van der Waals surface area contributed by atoms with Crippen LogP contribution in [-0.2, 0) is 85.4 Å². The van der Waals surface area contributed by atoms with Crippen molar-refractivity contribution >= 4 is 107 Å². The number of benzene rings is 5. The minimum Gasteiger partial charge on any atom is -0.481 e. The predicted molar refractivity (Wildman–Crippen MR) is 401 cm³/mol. The van der Waals surface area contributed by atoms with Crippen molar-refractivity contribution in [2.45, 2.75) is 62.8 Å². The van der Waals surface area contributed by atoms with Crippen LogP contribution in [0.4, 0.5) is 11.6 Å². The molecule has 5 atom stereocenters. The molecular formula is C74H83N19O16Si. The number of aliphatic hydroxyl groups is 1. The number of carbonyl (C=O) groups excluding carboxylic acids is 5. The summed E-state index contributed by atoms with van der Waals surface area (Å²) in [7, 11) is -4.54. The number of fused-ring (bicyclic) bond motifs is 14. The first kappa shape index (κ1) is 76.7. The van der Waals surface area contributed by atoms with Crippen LogP contribution >= 0.6 is 0 Å². The molecule has 36 heteroatoms. The van der Waals surface area contributed by atoms with E-state index >= 15 is 0 Å². The zero-order chi connectivity index (χ0) is 76.4. The van der Waals surface area contributed by atoms with Crippen LogP contribution in [0, 0.1) is 5.41 Å². The van der Waals surface area contributed by atoms with Crippen LogP contribution in [0.2, 0.25) is 0 Å². The van der Waals surface area contributed by atoms with Crippen molar-refractivity contribution in [3.05, 3.63) is 178 Å². The van der Waals surface area contributed by atoms with Crippen LogP contribution in [0.25, 0.3) is 21.5 Å². The number of aliphatic carboxylic acids is 1. The molecule has 574 valence electrons. The van der Waals surface area contributed by atoms with Crippen molar-refractivity contribution < 1.29 is 76.3 Å². The van der Waals surface area contributed by atoms with E-state index in [0.717, 1.165) is 43.8 Å². The number of aromatic nitrogens is 5. The number of carboxylic acids is 1. The average Bonchev–Trinajstić information content (AvgIpc) is 1.53. The van der Waals surface area contributed by atoms with E-state index in [4.69, 9.17) is 83.5 Å². The quantitative estimate of drug-likeness (QED) is 0.0111. The van der Waals surface area contributed by atoms with E-state index in [1.54, 1.807) is 36.5 Å². The van der Waals surface area contributed by atoms with E-state index in [0.29, 0.717) is 64.7 Å². The summed E-state index contributed by atoms with van der Waals surface area (Å²) in [6.45, 7) is 2.04. The lowest BCUT2D eigenvalue weighted by Crippen LogP contribution is -2.64. The number of hydrogen-bond acceptors (Lipinski definition) is 24. The summed E-state index contributed by atoms with van der Waals surface area (Å²) in [5.74, 6) is -3.44. The molecule has 0 aliphatic carbocycles. The molecule has 1 unspecified atom stereocenters. The number of ether oxygens (including phenoxy) is 6. The number of amides is 5. The van der Waals surface area contributed by atoms with Gasteiger partial charge in [-0.2, -0.15) is 0 Å². The van der Waals surface area contributed by atoms with Crippen LogP contribution in [-0.4, -0.2) is 244 Å². The topological polar surface area (TPSA) is 453 Å². The Morgan fingerprint density at radius 2 is 0.973 bits per heavy atom. The summed E-state index contributed by atoms with van der Waals surface area (Å²) in [6.07, 6.45) is 0.557. The van der Waals surface area contributed by atoms with Crippen LogP contribution in [0.1, 0.15) is 52.8 Å². The van der Waals surface area contributed by atoms with Crippen molar-refractivity contribution in [1.82, 2.24) is 55.4 Å². The molecule has 5 aliphatic heterocycles. The zero-order valence-electron chi connectivity index (χ0n) is 59.9. The molecule has 8 heterocycles. The molecule has 5 aliphatic rings. The molecule has 13 rings (SSSR count). The van der Waals surface area contributed by atoms with E-state index in [1.165, 1.54) is 4.68 Å². The number of hydrogen-bond donors (Lipinski definition) is 10. The summed E-state index contributed by atoms with van der Waals surface area (Å²) in [5, 5.41) is 53.2. The van der Waals surface area contributed by atoms with Gasteiger partial charge in [0.1, 0.15) is 46.8 Å². The maximum atomic E-state index is 14.4. The van der Waals surface area contributed by atoms with E-state index in [2.05, 4.69) is 42.2 Å². The van der Waals surface area contributed by atoms with E-state index < -0.39 is 81.5 Å². The number of guanidine groups is 1. The Hall–Kier alpha value is -11.5. The highest BCUT2D eigenvalue weighted by Gasteiger charge is 2.53. The summed E-state index contributed by atoms with van der Waals surface area (Å²) in [5.41, 5.74) is 10.4. The molecule has 5 amide bonds. The fraction of sp³-hybridized carbons (Fsp3) is 0.365. The minimum absolute atomic E-state index is 0.00257. The lowest BCUT2D eigenvalue weighted by molar-refractivity contribution is -0.141. The molecular weight excluding hydrogens is 1440 g/mol. The van der Waals surface area contributed by atoms with Crippen LogP contribution in [0.15, 0.2) is 164 Å². The smallest absolute Gasteiger partial charge is 0.481 e. The van der Waals surface area contributed by atoms with Gasteiger partial charge >= 0.3 is 14.9 Å². The second-order valence-electron chi connectivity index (χ2n) is 25.7. The molecule has 11 N–H and O–H groups in total. The molecule has 110 heavy (non-hydrogen) atoms. The fourth-order valence-corrected chi connectivity index (χ4v) is 16.3. The van der Waals surface area contributed by atoms with Gasteiger partial charge < -0.3 is 85.1 Å². The molecule has 8 aromatic rings. The van der Waals surface area contributed by atoms with Gasteiger partial charge in [0, 0.05) is 69.4 Å². The second-order valence-corrected chi connectivity index (χ2v) is 28.3. The van der Waals surface area contributed by atoms with Gasteiger partial charge in [0.2, 0.25) is 29.5 Å². The van der Waals surface area contributed by atoms with Gasteiger partial charge in [-0.1, -0.05) is 133 Å². The third-order valence-electron chi connectivity index (χ3n) is 18.2. The van der Waals surface area contributed by atoms with Crippen molar-refractivity contribution in [2.75, 3.05) is 112 Å². The van der Waals surface area contributed by atoms with Gasteiger partial charge in [-0.3, -0.25) is 42.6 Å². The molecule has 0 spiro atoms. The van der Waals surface area contributed by atoms with Crippen LogP contribution in [0.3, 0.4) is 0 Å². The number of nitrogens with one attached hydrogen (secondary N) is 7. The molecule has 5 aromatic carbocycles. The monoisotopic (exact) mass is 1520 g/mol. The summed E-state index contributed by atoms with van der Waals surface area (Å²) < 4.78 is 56.1. The van der Waals surface area contributed by atoms with Gasteiger partial charge in [-0.15, -0.1) is 5.10 Å². The standard InChI is InChI=1S/C74H83N19O16Si/c75-74(76)77-24-12-23-56-70(98)78-44-60(95)79-59(43-61(96)97)73(101)81-57(41-46-13-2-1-3-14-46)71(99)82-58(72(100)80-56)42-47-45-91(90-89-47)25-27-102-29-31-104-33-35-106-37-39-108-110(109-40-38-107-36-34-105-32-30-103-28-26-94)92-66-52-19-8-9-20-53(52)68(92)87-64-50-17-6-7-18-51(50)65(84-64)88-69-55-22-11-10-21-54(55)67(93(69)110)86-63-49-16-5-4-15-48(49)62(83-63)85-66/h1-11,13-22,45,56-59,94H,12,23-44H2,(H,78,98)(H,79,95)(H,80,100)(H,81,101)(H,82,99)(H,96,97)(H4,75,76,77)/t56-,57+,58-,59-,110?/m0/s1. The minimum atomic E-state index is -4.54. The Bertz CT molecular complexity index is 4820. The molecule has 3 aromatic heterocycles. The van der Waals surface area contributed by atoms with Gasteiger partial charge in [-0.25, -0.2) is 34.6 Å². The number of amidine groups is 4. The Kier molecular flexibility index (Phi) is 25.6. The number of aliphatic hydroxyl groups excluding tert-OH is 1. The van der Waals surface area contributed by atoms with Crippen LogP contribution in [0.5, 0.6) is 0 Å². The Labute approximate surface area is 630 Å². The summed E-state index contributed by atoms with van der Waals surface area (Å²) in [4.78, 5) is 114. The maximum absolute atomic E-state index is 14.4. The number of nitrogens with two attached hydrogens (primary N) is 1. The van der Waals surface area contributed by atoms with Crippen molar-refractivity contribution in [2.24, 2.45) is 35.7 Å². The van der Waals surface area contributed by atoms with Crippen LogP contribution < -0.4 is 48.6 Å². The number of nitrogens with zero attached hydrogens (tertiary/aromatic N) is 11. The van der Waals surface area contributed by atoms with E-state index in [1.807, 2.05) is 106 Å². The van der Waals surface area contributed by atoms with Gasteiger partial charge in [-0.05, 0) is 18.4 Å². The first-order valence-electron chi connectivity index (χ1n) is 36.0. The zero-order valence-corrected chi connectivity index (χ0v) is 60.9. The number of carbonyl (C=O) groups is 6. The molecule has 0 radical (unpaired) electrons. The predicted octanol–water partition coefficient (Wildman–Crippen LogP) is 0.380. The van der Waals surface area contributed by atoms with Crippen molar-refractivity contribution in [3.63, 3.8) is 0 Å². The molecule has 1 fully saturated rings. The SMILES string of the molecule is N=C(N)NCCC[C@@H]1NC(=O)[C@H](Cc2cn(CCOCCOCCOCCO[Si]3(OCCOCCOCCOCCO)n4c5c6ccccc6c4N=C4N=C(N=c6c7ccccc7c(n63)=NC3=NC(=N5)c5ccccc53)c3ccccc34)nn2)NC(=O)[C@@H](Cc2ccccc2)NC(=O)[C@H](CC(=O)O)NC(=O)CNC1=O. The van der Waals surface area contributed by atoms with E-state index in [-0.39, 0.29) is 136 Å². The molecule has 35 nitrogen and oxygen atoms in total. The number of carboxylic acid groups (broad SMARTS) is 1. The highest BCUT2D eigenvalue weighted by Crippen LogP contribution is 2.44. The first-order chi connectivity index (χ1) is 53.7. The van der Waals surface area contributed by atoms with Gasteiger partial charge in [0.05, 0.1) is 124 Å². The largest absolute Gasteiger partial charge is 0.603 e. The highest BCUT2D eigenvalue weighted by atomic mass is 28.4. The summed E-state index contributed by atoms with van der Waals surface area (Å²) in [6, 6.07) is 34.4. The number of aliphatic imine (C=N–C) groups is 4. The van der Waals surface area contributed by atoms with E-state index in [9.17, 15) is 33.9 Å². The lowest BCUT2D eigenvalue weighted by Gasteiger charge is -2.33. The summed E-state index contributed by atoms with van der Waals surface area (Å²) >= 11 is 0. The number of rotatable bonds is 35. The average molecular weight is 1520 g/mol. The third-order valence-corrected chi connectivity index (χ3v) is 21.3.